The minimum atomic E-state index is -0.216. The van der Waals surface area contributed by atoms with E-state index in [-0.39, 0.29) is 12.6 Å². The van der Waals surface area contributed by atoms with Gasteiger partial charge in [0, 0.05) is 10.0 Å². The molecule has 0 saturated carbocycles. The first kappa shape index (κ1) is 10.7. The van der Waals surface area contributed by atoms with Gasteiger partial charge in [0.25, 0.3) is 5.91 Å². The topological polar surface area (TPSA) is 58.2 Å². The Morgan fingerprint density at radius 1 is 1.36 bits per heavy atom. The van der Waals surface area contributed by atoms with Gasteiger partial charge in [-0.1, -0.05) is 15.9 Å². The van der Waals surface area contributed by atoms with Crippen LogP contribution in [0.15, 0.2) is 28.7 Å². The molecule has 74 valence electrons. The second kappa shape index (κ2) is 5.39. The Balaban J connectivity index is 2.52. The van der Waals surface area contributed by atoms with Crippen molar-refractivity contribution in [2.75, 3.05) is 6.67 Å². The maximum atomic E-state index is 11.3. The van der Waals surface area contributed by atoms with Crippen LogP contribution in [0.2, 0.25) is 0 Å². The van der Waals surface area contributed by atoms with Crippen molar-refractivity contribution < 1.29 is 9.59 Å². The van der Waals surface area contributed by atoms with Crippen LogP contribution in [0.4, 0.5) is 0 Å². The van der Waals surface area contributed by atoms with Crippen LogP contribution < -0.4 is 10.6 Å². The Morgan fingerprint density at radius 2 is 2.00 bits per heavy atom. The van der Waals surface area contributed by atoms with Crippen molar-refractivity contribution in [1.29, 1.82) is 0 Å². The second-order valence-corrected chi connectivity index (χ2v) is 3.43. The van der Waals surface area contributed by atoms with Gasteiger partial charge in [0.1, 0.15) is 0 Å². The molecule has 0 unspecified atom stereocenters. The fraction of sp³-hybridized carbons (Fsp3) is 0.111. The molecule has 1 rings (SSSR count). The number of nitrogens with one attached hydrogen (secondary N) is 2. The average Bonchev–Trinajstić information content (AvgIpc) is 2.19. The van der Waals surface area contributed by atoms with Crippen LogP contribution in [-0.2, 0) is 4.79 Å². The molecule has 2 amide bonds. The number of carbonyl (C=O) groups excluding carboxylic acids is 2. The monoisotopic (exact) mass is 256 g/mol. The molecule has 0 spiro atoms. The maximum Gasteiger partial charge on any atom is 0.252 e. The van der Waals surface area contributed by atoms with Gasteiger partial charge < -0.3 is 10.6 Å². The molecule has 0 fully saturated rings. The fourth-order valence-electron chi connectivity index (χ4n) is 0.876. The number of rotatable bonds is 4. The van der Waals surface area contributed by atoms with Crippen molar-refractivity contribution in [2.24, 2.45) is 0 Å². The van der Waals surface area contributed by atoms with Gasteiger partial charge in [-0.05, 0) is 24.3 Å². The highest BCUT2D eigenvalue weighted by atomic mass is 79.9. The molecular weight excluding hydrogens is 248 g/mol. The van der Waals surface area contributed by atoms with E-state index in [0.29, 0.717) is 12.0 Å². The van der Waals surface area contributed by atoms with Gasteiger partial charge in [-0.2, -0.15) is 0 Å². The second-order valence-electron chi connectivity index (χ2n) is 2.51. The minimum Gasteiger partial charge on any atom is -0.341 e. The highest BCUT2D eigenvalue weighted by molar-refractivity contribution is 9.10. The van der Waals surface area contributed by atoms with Gasteiger partial charge in [-0.25, -0.2) is 0 Å². The number of hydrogen-bond acceptors (Lipinski definition) is 2. The Labute approximate surface area is 89.8 Å². The molecule has 0 aliphatic carbocycles. The van der Waals surface area contributed by atoms with E-state index in [0.717, 1.165) is 4.47 Å². The van der Waals surface area contributed by atoms with E-state index in [1.165, 1.54) is 0 Å². The summed E-state index contributed by atoms with van der Waals surface area (Å²) in [6.45, 7) is 0.137. The van der Waals surface area contributed by atoms with E-state index in [1.54, 1.807) is 24.3 Å². The van der Waals surface area contributed by atoms with Crippen LogP contribution in [0, 0.1) is 0 Å². The highest BCUT2D eigenvalue weighted by Gasteiger charge is 2.02. The lowest BCUT2D eigenvalue weighted by atomic mass is 10.2. The van der Waals surface area contributed by atoms with Gasteiger partial charge in [0.2, 0.25) is 6.41 Å². The molecule has 1 aromatic rings. The van der Waals surface area contributed by atoms with Crippen LogP contribution in [-0.4, -0.2) is 19.0 Å². The molecule has 0 aromatic heterocycles. The number of hydrogen-bond donors (Lipinski definition) is 2. The van der Waals surface area contributed by atoms with Crippen molar-refractivity contribution in [3.8, 4) is 0 Å². The van der Waals surface area contributed by atoms with E-state index in [4.69, 9.17) is 0 Å². The summed E-state index contributed by atoms with van der Waals surface area (Å²) < 4.78 is 0.917. The molecule has 5 heteroatoms. The zero-order chi connectivity index (χ0) is 10.4. The van der Waals surface area contributed by atoms with Gasteiger partial charge in [-0.3, -0.25) is 9.59 Å². The molecule has 0 saturated heterocycles. The predicted molar refractivity (Wildman–Crippen MR) is 55.7 cm³/mol. The van der Waals surface area contributed by atoms with E-state index in [2.05, 4.69) is 26.6 Å². The standard InChI is InChI=1S/C9H9BrN2O2/c10-8-3-1-7(2-4-8)9(14)12-5-11-6-13/h1-4,6H,5H2,(H,11,13)(H,12,14). The van der Waals surface area contributed by atoms with Crippen molar-refractivity contribution >= 4 is 28.2 Å². The van der Waals surface area contributed by atoms with Gasteiger partial charge in [-0.15, -0.1) is 0 Å². The van der Waals surface area contributed by atoms with E-state index >= 15 is 0 Å². The van der Waals surface area contributed by atoms with E-state index in [1.807, 2.05) is 0 Å². The molecule has 14 heavy (non-hydrogen) atoms. The van der Waals surface area contributed by atoms with Crippen LogP contribution in [0.1, 0.15) is 10.4 Å². The van der Waals surface area contributed by atoms with Crippen LogP contribution in [0.5, 0.6) is 0 Å². The Hall–Kier alpha value is -1.36. The third-order valence-electron chi connectivity index (χ3n) is 1.54. The molecule has 0 heterocycles. The Kier molecular flexibility index (Phi) is 4.12. The predicted octanol–water partition coefficient (Wildman–Crippen LogP) is 0.882. The number of amides is 2. The molecule has 0 bridgehead atoms. The van der Waals surface area contributed by atoms with Crippen molar-refractivity contribution in [1.82, 2.24) is 10.6 Å². The first-order chi connectivity index (χ1) is 6.74. The summed E-state index contributed by atoms with van der Waals surface area (Å²) in [5.41, 5.74) is 0.556. The van der Waals surface area contributed by atoms with Crippen LogP contribution in [0.25, 0.3) is 0 Å². The molecule has 2 N–H and O–H groups in total. The molecule has 0 aliphatic rings. The van der Waals surface area contributed by atoms with E-state index in [9.17, 15) is 9.59 Å². The molecular formula is C9H9BrN2O2. The third kappa shape index (κ3) is 3.18. The fourth-order valence-corrected chi connectivity index (χ4v) is 1.14. The highest BCUT2D eigenvalue weighted by Crippen LogP contribution is 2.09. The van der Waals surface area contributed by atoms with Crippen molar-refractivity contribution in [2.45, 2.75) is 0 Å². The number of halogens is 1. The third-order valence-corrected chi connectivity index (χ3v) is 2.07. The summed E-state index contributed by atoms with van der Waals surface area (Å²) in [6, 6.07) is 6.95. The summed E-state index contributed by atoms with van der Waals surface area (Å²) in [5.74, 6) is -0.216. The lowest BCUT2D eigenvalue weighted by Gasteiger charge is -2.03. The Morgan fingerprint density at radius 3 is 2.57 bits per heavy atom. The molecule has 0 radical (unpaired) electrons. The Bertz CT molecular complexity index is 324. The first-order valence-corrected chi connectivity index (χ1v) is 4.74. The number of benzene rings is 1. The summed E-state index contributed by atoms with van der Waals surface area (Å²) in [6.07, 6.45) is 0.530. The summed E-state index contributed by atoms with van der Waals surface area (Å²) in [5, 5.41) is 4.86. The zero-order valence-electron chi connectivity index (χ0n) is 7.29. The summed E-state index contributed by atoms with van der Waals surface area (Å²) in [4.78, 5) is 21.2. The normalized spacial score (nSPS) is 9.21. The van der Waals surface area contributed by atoms with Gasteiger partial charge in [0.15, 0.2) is 0 Å². The smallest absolute Gasteiger partial charge is 0.252 e. The lowest BCUT2D eigenvalue weighted by molar-refractivity contribution is -0.109. The van der Waals surface area contributed by atoms with Crippen LogP contribution >= 0.6 is 15.9 Å². The lowest BCUT2D eigenvalue weighted by Crippen LogP contribution is -2.32. The number of carbonyl (C=O) groups is 2. The van der Waals surface area contributed by atoms with Crippen molar-refractivity contribution in [3.63, 3.8) is 0 Å². The maximum absolute atomic E-state index is 11.3. The SMILES string of the molecule is O=CNCNC(=O)c1ccc(Br)cc1. The minimum absolute atomic E-state index is 0.137. The molecule has 1 aromatic carbocycles. The first-order valence-electron chi connectivity index (χ1n) is 3.95. The van der Waals surface area contributed by atoms with Crippen LogP contribution in [0.3, 0.4) is 0 Å². The summed E-state index contributed by atoms with van der Waals surface area (Å²) in [7, 11) is 0. The largest absolute Gasteiger partial charge is 0.341 e. The molecule has 0 aliphatic heterocycles. The quantitative estimate of drug-likeness (QED) is 0.478. The average molecular weight is 257 g/mol. The molecule has 0 atom stereocenters. The zero-order valence-corrected chi connectivity index (χ0v) is 8.87. The van der Waals surface area contributed by atoms with Gasteiger partial charge >= 0.3 is 0 Å². The van der Waals surface area contributed by atoms with E-state index < -0.39 is 0 Å². The summed E-state index contributed by atoms with van der Waals surface area (Å²) >= 11 is 3.27. The van der Waals surface area contributed by atoms with Crippen molar-refractivity contribution in [3.05, 3.63) is 34.3 Å². The molecule has 4 nitrogen and oxygen atoms in total. The van der Waals surface area contributed by atoms with Gasteiger partial charge in [0.05, 0.1) is 6.67 Å².